The normalized spacial score (nSPS) is 18.8. The van der Waals surface area contributed by atoms with Gasteiger partial charge in [-0.2, -0.15) is 0 Å². The monoisotopic (exact) mass is 229 g/mol. The van der Waals surface area contributed by atoms with Crippen LogP contribution >= 0.6 is 0 Å². The fourth-order valence-electron chi connectivity index (χ4n) is 2.10. The Balaban J connectivity index is 2.43. The van der Waals surface area contributed by atoms with E-state index in [2.05, 4.69) is 0 Å². The number of furan rings is 1. The van der Waals surface area contributed by atoms with Crippen LogP contribution in [0.5, 0.6) is 0 Å². The van der Waals surface area contributed by atoms with Crippen molar-refractivity contribution in [3.8, 4) is 0 Å². The van der Waals surface area contributed by atoms with E-state index in [-0.39, 0.29) is 11.5 Å². The smallest absolute Gasteiger partial charge is 0.157 e. The molecule has 0 unspecified atom stereocenters. The van der Waals surface area contributed by atoms with Gasteiger partial charge in [0.05, 0.1) is 5.75 Å². The van der Waals surface area contributed by atoms with Crippen LogP contribution in [0.3, 0.4) is 0 Å². The third kappa shape index (κ3) is 1.94. The summed E-state index contributed by atoms with van der Waals surface area (Å²) in [7, 11) is -2.94. The molecule has 15 heavy (non-hydrogen) atoms. The molecular formula is C10H15NO3S. The van der Waals surface area contributed by atoms with Crippen LogP contribution in [0, 0.1) is 6.92 Å². The van der Waals surface area contributed by atoms with Crippen molar-refractivity contribution in [1.29, 1.82) is 0 Å². The summed E-state index contributed by atoms with van der Waals surface area (Å²) in [4.78, 5) is 0. The molecule has 1 aromatic heterocycles. The Kier molecular flexibility index (Phi) is 2.60. The molecule has 0 atom stereocenters. The van der Waals surface area contributed by atoms with Gasteiger partial charge in [0.1, 0.15) is 17.3 Å². The number of fused-ring (bicyclic) bond motifs is 1. The first-order valence-corrected chi connectivity index (χ1v) is 6.86. The maximum absolute atomic E-state index is 11.4. The Labute approximate surface area is 89.4 Å². The fourth-order valence-corrected chi connectivity index (χ4v) is 3.39. The molecule has 0 radical (unpaired) electrons. The summed E-state index contributed by atoms with van der Waals surface area (Å²) in [6.45, 7) is 2.44. The maximum Gasteiger partial charge on any atom is 0.157 e. The van der Waals surface area contributed by atoms with Gasteiger partial charge in [-0.1, -0.05) is 0 Å². The lowest BCUT2D eigenvalue weighted by Crippen LogP contribution is -2.18. The van der Waals surface area contributed by atoms with E-state index in [1.165, 1.54) is 0 Å². The highest BCUT2D eigenvalue weighted by atomic mass is 32.2. The molecule has 0 saturated heterocycles. The lowest BCUT2D eigenvalue weighted by molar-refractivity contribution is 0.486. The summed E-state index contributed by atoms with van der Waals surface area (Å²) in [6.07, 6.45) is 1.34. The van der Waals surface area contributed by atoms with Crippen LogP contribution in [0.2, 0.25) is 0 Å². The third-order valence-corrected chi connectivity index (χ3v) is 4.34. The minimum Gasteiger partial charge on any atom is -0.465 e. The van der Waals surface area contributed by atoms with Crippen LogP contribution in [0.15, 0.2) is 4.42 Å². The number of hydrogen-bond acceptors (Lipinski definition) is 4. The van der Waals surface area contributed by atoms with E-state index in [1.807, 2.05) is 6.92 Å². The Morgan fingerprint density at radius 1 is 1.47 bits per heavy atom. The molecule has 0 aliphatic carbocycles. The summed E-state index contributed by atoms with van der Waals surface area (Å²) < 4.78 is 28.3. The Hall–Kier alpha value is -0.810. The van der Waals surface area contributed by atoms with Crippen molar-refractivity contribution in [3.63, 3.8) is 0 Å². The van der Waals surface area contributed by atoms with E-state index in [4.69, 9.17) is 10.2 Å². The first-order chi connectivity index (χ1) is 7.03. The van der Waals surface area contributed by atoms with Crippen molar-refractivity contribution in [2.45, 2.75) is 25.5 Å². The van der Waals surface area contributed by atoms with Crippen LogP contribution < -0.4 is 5.73 Å². The first-order valence-electron chi connectivity index (χ1n) is 5.04. The number of aryl methyl sites for hydroxylation is 1. The average molecular weight is 229 g/mol. The van der Waals surface area contributed by atoms with E-state index in [9.17, 15) is 8.42 Å². The number of hydrogen-bond donors (Lipinski definition) is 1. The lowest BCUT2D eigenvalue weighted by atomic mass is 10.0. The van der Waals surface area contributed by atoms with Gasteiger partial charge in [0.15, 0.2) is 9.84 Å². The molecule has 4 nitrogen and oxygen atoms in total. The summed E-state index contributed by atoms with van der Waals surface area (Å²) in [6, 6.07) is 0. The zero-order chi connectivity index (χ0) is 11.1. The highest BCUT2D eigenvalue weighted by Crippen LogP contribution is 2.29. The fraction of sp³-hybridized carbons (Fsp3) is 0.600. The predicted octanol–water partition coefficient (Wildman–Crippen LogP) is 0.560. The van der Waals surface area contributed by atoms with Crippen molar-refractivity contribution in [3.05, 3.63) is 22.6 Å². The average Bonchev–Trinajstić information content (AvgIpc) is 2.41. The first kappa shape index (κ1) is 10.7. The van der Waals surface area contributed by atoms with E-state index in [0.29, 0.717) is 18.7 Å². The largest absolute Gasteiger partial charge is 0.465 e. The van der Waals surface area contributed by atoms with Gasteiger partial charge in [-0.15, -0.1) is 0 Å². The molecule has 2 N–H and O–H groups in total. The molecular weight excluding hydrogens is 214 g/mol. The third-order valence-electron chi connectivity index (χ3n) is 2.81. The standard InChI is InChI=1S/C10H15NO3S/c1-7-8(2-4-11)9-3-5-15(12,13)6-10(9)14-7/h2-6,11H2,1H3. The Morgan fingerprint density at radius 3 is 2.87 bits per heavy atom. The van der Waals surface area contributed by atoms with Crippen LogP contribution in [0.1, 0.15) is 22.6 Å². The second-order valence-electron chi connectivity index (χ2n) is 3.92. The molecule has 1 aromatic rings. The topological polar surface area (TPSA) is 73.3 Å². The van der Waals surface area contributed by atoms with Gasteiger partial charge >= 0.3 is 0 Å². The summed E-state index contributed by atoms with van der Waals surface area (Å²) in [5.41, 5.74) is 7.71. The highest BCUT2D eigenvalue weighted by molar-refractivity contribution is 7.90. The van der Waals surface area contributed by atoms with Gasteiger partial charge in [-0.25, -0.2) is 8.42 Å². The molecule has 0 fully saturated rings. The van der Waals surface area contributed by atoms with Crippen molar-refractivity contribution in [2.24, 2.45) is 5.73 Å². The van der Waals surface area contributed by atoms with Crippen molar-refractivity contribution < 1.29 is 12.8 Å². The number of sulfone groups is 1. The minimum absolute atomic E-state index is 0.0493. The molecule has 1 aliphatic rings. The van der Waals surface area contributed by atoms with Gasteiger partial charge < -0.3 is 10.2 Å². The van der Waals surface area contributed by atoms with Crippen LogP contribution in [-0.4, -0.2) is 20.7 Å². The molecule has 5 heteroatoms. The summed E-state index contributed by atoms with van der Waals surface area (Å²) in [5.74, 6) is 1.73. The van der Waals surface area contributed by atoms with Gasteiger partial charge in [-0.3, -0.25) is 0 Å². The summed E-state index contributed by atoms with van der Waals surface area (Å²) in [5, 5.41) is 0. The number of rotatable bonds is 2. The zero-order valence-electron chi connectivity index (χ0n) is 8.75. The van der Waals surface area contributed by atoms with Crippen molar-refractivity contribution in [1.82, 2.24) is 0 Å². The van der Waals surface area contributed by atoms with Gasteiger partial charge in [0.2, 0.25) is 0 Å². The van der Waals surface area contributed by atoms with Crippen LogP contribution in [-0.2, 0) is 28.4 Å². The van der Waals surface area contributed by atoms with Crippen LogP contribution in [0.25, 0.3) is 0 Å². The molecule has 0 aromatic carbocycles. The van der Waals surface area contributed by atoms with Crippen molar-refractivity contribution in [2.75, 3.05) is 12.3 Å². The molecule has 1 aliphatic heterocycles. The molecule has 0 amide bonds. The Morgan fingerprint density at radius 2 is 2.20 bits per heavy atom. The molecule has 84 valence electrons. The molecule has 2 rings (SSSR count). The second kappa shape index (κ2) is 3.64. The van der Waals surface area contributed by atoms with E-state index < -0.39 is 9.84 Å². The lowest BCUT2D eigenvalue weighted by Gasteiger charge is -2.11. The molecule has 0 bridgehead atoms. The van der Waals surface area contributed by atoms with Crippen molar-refractivity contribution >= 4 is 9.84 Å². The van der Waals surface area contributed by atoms with E-state index in [1.54, 1.807) is 0 Å². The van der Waals surface area contributed by atoms with Gasteiger partial charge in [-0.05, 0) is 37.4 Å². The zero-order valence-corrected chi connectivity index (χ0v) is 9.56. The van der Waals surface area contributed by atoms with Gasteiger partial charge in [0, 0.05) is 0 Å². The van der Waals surface area contributed by atoms with E-state index in [0.717, 1.165) is 23.3 Å². The highest BCUT2D eigenvalue weighted by Gasteiger charge is 2.27. The molecule has 0 spiro atoms. The quantitative estimate of drug-likeness (QED) is 0.804. The van der Waals surface area contributed by atoms with Gasteiger partial charge in [0.25, 0.3) is 0 Å². The summed E-state index contributed by atoms with van der Waals surface area (Å²) >= 11 is 0. The SMILES string of the molecule is Cc1oc2c(c1CCN)CCS(=O)(=O)C2. The van der Waals surface area contributed by atoms with E-state index >= 15 is 0 Å². The second-order valence-corrected chi connectivity index (χ2v) is 6.10. The van der Waals surface area contributed by atoms with Crippen LogP contribution in [0.4, 0.5) is 0 Å². The molecule has 0 saturated carbocycles. The molecule has 2 heterocycles. The Bertz CT molecular complexity index is 473. The number of nitrogens with two attached hydrogens (primary N) is 1. The maximum atomic E-state index is 11.4. The predicted molar refractivity (Wildman–Crippen MR) is 57.4 cm³/mol. The minimum atomic E-state index is -2.94.